The third-order valence-electron chi connectivity index (χ3n) is 4.92. The van der Waals surface area contributed by atoms with E-state index in [9.17, 15) is 0 Å². The van der Waals surface area contributed by atoms with Gasteiger partial charge in [0.15, 0.2) is 0 Å². The van der Waals surface area contributed by atoms with Gasteiger partial charge in [-0.15, -0.1) is 11.3 Å². The lowest BCUT2D eigenvalue weighted by Gasteiger charge is -2.07. The molecular weight excluding hydrogens is 302 g/mol. The van der Waals surface area contributed by atoms with Crippen LogP contribution in [0, 0.1) is 0 Å². The van der Waals surface area contributed by atoms with Gasteiger partial charge in [0, 0.05) is 46.0 Å². The highest BCUT2D eigenvalue weighted by Crippen LogP contribution is 2.38. The van der Waals surface area contributed by atoms with Crippen LogP contribution in [-0.4, -0.2) is 15.0 Å². The predicted octanol–water partition coefficient (Wildman–Crippen LogP) is 5.50. The molecule has 1 aliphatic rings. The summed E-state index contributed by atoms with van der Waals surface area (Å²) in [7, 11) is 0. The molecule has 5 rings (SSSR count). The first-order valence-corrected chi connectivity index (χ1v) is 9.02. The van der Waals surface area contributed by atoms with Crippen LogP contribution in [0.25, 0.3) is 31.6 Å². The average Bonchev–Trinajstić information content (AvgIpc) is 3.32. The summed E-state index contributed by atoms with van der Waals surface area (Å²) in [6, 6.07) is 8.78. The number of rotatable bonds is 2. The van der Waals surface area contributed by atoms with Crippen molar-refractivity contribution < 1.29 is 0 Å². The number of nitrogens with one attached hydrogen (secondary N) is 1. The molecule has 0 unspecified atom stereocenters. The van der Waals surface area contributed by atoms with Crippen LogP contribution in [0.2, 0.25) is 0 Å². The van der Waals surface area contributed by atoms with Gasteiger partial charge in [-0.3, -0.25) is 4.98 Å². The molecule has 3 nitrogen and oxygen atoms in total. The summed E-state index contributed by atoms with van der Waals surface area (Å²) in [5.74, 6) is 0.654. The van der Waals surface area contributed by atoms with Gasteiger partial charge < -0.3 is 4.98 Å². The van der Waals surface area contributed by atoms with Crippen molar-refractivity contribution in [1.82, 2.24) is 15.0 Å². The number of aromatic amines is 1. The Balaban J connectivity index is 1.61. The zero-order valence-corrected chi connectivity index (χ0v) is 13.6. The summed E-state index contributed by atoms with van der Waals surface area (Å²) >= 11 is 1.79. The number of thiophene rings is 1. The SMILES string of the molecule is c1cc2cc(-c3c[nH]c4nc(C5CCCC5)ccc34)sc2cn1. The topological polar surface area (TPSA) is 41.6 Å². The first-order chi connectivity index (χ1) is 11.4. The molecule has 4 aromatic heterocycles. The molecule has 1 aliphatic carbocycles. The van der Waals surface area contributed by atoms with Crippen LogP contribution in [0.15, 0.2) is 42.9 Å². The average molecular weight is 319 g/mol. The maximum atomic E-state index is 4.89. The second-order valence-electron chi connectivity index (χ2n) is 6.34. The molecule has 23 heavy (non-hydrogen) atoms. The Kier molecular flexibility index (Phi) is 2.98. The minimum Gasteiger partial charge on any atom is -0.345 e. The zero-order chi connectivity index (χ0) is 15.2. The molecule has 0 spiro atoms. The Morgan fingerprint density at radius 2 is 2.04 bits per heavy atom. The normalized spacial score (nSPS) is 15.8. The van der Waals surface area contributed by atoms with E-state index in [1.165, 1.54) is 57.3 Å². The first kappa shape index (κ1) is 13.3. The standard InChI is InChI=1S/C19H17N3S/c1-2-4-12(3-1)16-6-5-14-15(10-21-19(14)22-16)17-9-13-7-8-20-11-18(13)23-17/h5-12H,1-4H2,(H,21,22). The monoisotopic (exact) mass is 319 g/mol. The van der Waals surface area contributed by atoms with E-state index in [2.05, 4.69) is 40.4 Å². The molecule has 1 saturated carbocycles. The fourth-order valence-electron chi connectivity index (χ4n) is 3.69. The highest BCUT2D eigenvalue weighted by molar-refractivity contribution is 7.22. The van der Waals surface area contributed by atoms with E-state index in [4.69, 9.17) is 4.98 Å². The highest BCUT2D eigenvalue weighted by atomic mass is 32.1. The summed E-state index contributed by atoms with van der Waals surface area (Å²) in [6.45, 7) is 0. The largest absolute Gasteiger partial charge is 0.345 e. The van der Waals surface area contributed by atoms with Crippen molar-refractivity contribution in [3.63, 3.8) is 0 Å². The van der Waals surface area contributed by atoms with Crippen molar-refractivity contribution in [2.75, 3.05) is 0 Å². The molecular formula is C19H17N3S. The van der Waals surface area contributed by atoms with Crippen LogP contribution in [0.3, 0.4) is 0 Å². The fourth-order valence-corrected chi connectivity index (χ4v) is 4.75. The number of fused-ring (bicyclic) bond motifs is 2. The van der Waals surface area contributed by atoms with Crippen molar-refractivity contribution in [3.05, 3.63) is 48.5 Å². The minimum atomic E-state index is 0.654. The predicted molar refractivity (Wildman–Crippen MR) is 95.9 cm³/mol. The van der Waals surface area contributed by atoms with Gasteiger partial charge in [0.2, 0.25) is 0 Å². The maximum Gasteiger partial charge on any atom is 0.138 e. The summed E-state index contributed by atoms with van der Waals surface area (Å²) < 4.78 is 1.23. The fraction of sp³-hybridized carbons (Fsp3) is 0.263. The molecule has 0 bridgehead atoms. The van der Waals surface area contributed by atoms with Crippen molar-refractivity contribution >= 4 is 32.5 Å². The molecule has 0 amide bonds. The van der Waals surface area contributed by atoms with Crippen LogP contribution in [0.1, 0.15) is 37.3 Å². The maximum absolute atomic E-state index is 4.89. The molecule has 0 atom stereocenters. The lowest BCUT2D eigenvalue weighted by atomic mass is 10.0. The third kappa shape index (κ3) is 2.17. The number of aromatic nitrogens is 3. The van der Waals surface area contributed by atoms with Crippen molar-refractivity contribution in [3.8, 4) is 10.4 Å². The molecule has 0 aliphatic heterocycles. The molecule has 4 heteroatoms. The van der Waals surface area contributed by atoms with Crippen LogP contribution in [0.4, 0.5) is 0 Å². The van der Waals surface area contributed by atoms with Gasteiger partial charge in [0.1, 0.15) is 5.65 Å². The Morgan fingerprint density at radius 3 is 2.91 bits per heavy atom. The van der Waals surface area contributed by atoms with Gasteiger partial charge in [-0.1, -0.05) is 12.8 Å². The van der Waals surface area contributed by atoms with Gasteiger partial charge in [0.05, 0.1) is 4.70 Å². The molecule has 0 aromatic carbocycles. The van der Waals surface area contributed by atoms with E-state index < -0.39 is 0 Å². The van der Waals surface area contributed by atoms with E-state index in [0.29, 0.717) is 5.92 Å². The van der Waals surface area contributed by atoms with E-state index in [1.807, 2.05) is 12.4 Å². The molecule has 0 saturated heterocycles. The summed E-state index contributed by atoms with van der Waals surface area (Å²) in [5, 5.41) is 2.47. The first-order valence-electron chi connectivity index (χ1n) is 8.20. The molecule has 4 aromatic rings. The van der Waals surface area contributed by atoms with Crippen LogP contribution in [0.5, 0.6) is 0 Å². The Hall–Kier alpha value is -2.20. The smallest absolute Gasteiger partial charge is 0.138 e. The summed E-state index contributed by atoms with van der Waals surface area (Å²) in [6.07, 6.45) is 11.1. The second kappa shape index (κ2) is 5.17. The summed E-state index contributed by atoms with van der Waals surface area (Å²) in [5.41, 5.74) is 3.51. The number of pyridine rings is 2. The van der Waals surface area contributed by atoms with E-state index in [0.717, 1.165) is 5.65 Å². The third-order valence-corrected chi connectivity index (χ3v) is 6.04. The number of hydrogen-bond donors (Lipinski definition) is 1. The lowest BCUT2D eigenvalue weighted by Crippen LogP contribution is -1.95. The van der Waals surface area contributed by atoms with Crippen molar-refractivity contribution in [2.45, 2.75) is 31.6 Å². The van der Waals surface area contributed by atoms with E-state index in [1.54, 1.807) is 11.3 Å². The molecule has 1 fully saturated rings. The molecule has 114 valence electrons. The molecule has 4 heterocycles. The molecule has 0 radical (unpaired) electrons. The quantitative estimate of drug-likeness (QED) is 0.530. The number of nitrogens with zero attached hydrogens (tertiary/aromatic N) is 2. The van der Waals surface area contributed by atoms with E-state index in [-0.39, 0.29) is 0 Å². The minimum absolute atomic E-state index is 0.654. The van der Waals surface area contributed by atoms with Gasteiger partial charge in [-0.2, -0.15) is 0 Å². The summed E-state index contributed by atoms with van der Waals surface area (Å²) in [4.78, 5) is 13.8. The zero-order valence-electron chi connectivity index (χ0n) is 12.7. The van der Waals surface area contributed by atoms with Crippen LogP contribution in [-0.2, 0) is 0 Å². The van der Waals surface area contributed by atoms with Crippen molar-refractivity contribution in [1.29, 1.82) is 0 Å². The highest BCUT2D eigenvalue weighted by Gasteiger charge is 2.19. The Morgan fingerprint density at radius 1 is 1.13 bits per heavy atom. The van der Waals surface area contributed by atoms with Crippen LogP contribution < -0.4 is 0 Å². The Labute approximate surface area is 138 Å². The van der Waals surface area contributed by atoms with E-state index >= 15 is 0 Å². The lowest BCUT2D eigenvalue weighted by molar-refractivity contribution is 0.700. The Bertz CT molecular complexity index is 959. The van der Waals surface area contributed by atoms with Gasteiger partial charge >= 0.3 is 0 Å². The second-order valence-corrected chi connectivity index (χ2v) is 7.42. The van der Waals surface area contributed by atoms with Gasteiger partial charge in [-0.05, 0) is 42.5 Å². The number of hydrogen-bond acceptors (Lipinski definition) is 3. The number of H-pyrrole nitrogens is 1. The van der Waals surface area contributed by atoms with Crippen molar-refractivity contribution in [2.24, 2.45) is 0 Å². The van der Waals surface area contributed by atoms with Crippen LogP contribution >= 0.6 is 11.3 Å². The van der Waals surface area contributed by atoms with Gasteiger partial charge in [0.25, 0.3) is 0 Å². The molecule has 1 N–H and O–H groups in total. The van der Waals surface area contributed by atoms with Gasteiger partial charge in [-0.25, -0.2) is 4.98 Å².